The fraction of sp³-hybridized carbons (Fsp3) is 0.733. The highest BCUT2D eigenvalue weighted by atomic mass is 16.2. The van der Waals surface area contributed by atoms with Crippen molar-refractivity contribution in [1.82, 2.24) is 15.1 Å². The van der Waals surface area contributed by atoms with E-state index >= 15 is 0 Å². The van der Waals surface area contributed by atoms with Crippen LogP contribution < -0.4 is 11.1 Å². The smallest absolute Gasteiger partial charge is 0.269 e. The molecule has 0 fully saturated rings. The van der Waals surface area contributed by atoms with Crippen LogP contribution in [-0.2, 0) is 13.0 Å². The number of hydrogen-bond donors (Lipinski definition) is 2. The minimum atomic E-state index is -0.0567. The molecule has 114 valence electrons. The minimum Gasteiger partial charge on any atom is -0.350 e. The highest BCUT2D eigenvalue weighted by Crippen LogP contribution is 2.23. The maximum Gasteiger partial charge on any atom is 0.269 e. The summed E-state index contributed by atoms with van der Waals surface area (Å²) in [5.41, 5.74) is 7.46. The van der Waals surface area contributed by atoms with Crippen molar-refractivity contribution in [2.45, 2.75) is 53.5 Å². The Bertz CT molecular complexity index is 427. The molecule has 1 aromatic heterocycles. The summed E-state index contributed by atoms with van der Waals surface area (Å²) in [4.78, 5) is 12.3. The van der Waals surface area contributed by atoms with E-state index in [1.54, 1.807) is 4.68 Å². The number of nitrogens with one attached hydrogen (secondary N) is 1. The van der Waals surface area contributed by atoms with Gasteiger partial charge in [0.2, 0.25) is 0 Å². The molecule has 1 amide bonds. The summed E-state index contributed by atoms with van der Waals surface area (Å²) >= 11 is 0. The van der Waals surface area contributed by atoms with Crippen LogP contribution in [0.15, 0.2) is 6.07 Å². The quantitative estimate of drug-likeness (QED) is 0.764. The van der Waals surface area contributed by atoms with Crippen molar-refractivity contribution in [1.29, 1.82) is 0 Å². The third kappa shape index (κ3) is 3.60. The molecule has 1 heterocycles. The number of nitrogens with zero attached hydrogens (tertiary/aromatic N) is 2. The SMILES string of the molecule is CCc1cc(C(=O)NCC(CC)(CC)CN)n(CC)n1. The Labute approximate surface area is 121 Å². The monoisotopic (exact) mass is 280 g/mol. The largest absolute Gasteiger partial charge is 0.350 e. The molecule has 0 bridgehead atoms. The Hall–Kier alpha value is -1.36. The number of amides is 1. The van der Waals surface area contributed by atoms with E-state index in [0.717, 1.165) is 25.0 Å². The first kappa shape index (κ1) is 16.7. The zero-order valence-electron chi connectivity index (χ0n) is 13.2. The Morgan fingerprint density at radius 1 is 1.35 bits per heavy atom. The predicted octanol–water partition coefficient (Wildman–Crippen LogP) is 1.96. The third-order valence-electron chi connectivity index (χ3n) is 4.28. The first-order valence-electron chi connectivity index (χ1n) is 7.60. The maximum atomic E-state index is 12.3. The van der Waals surface area contributed by atoms with Gasteiger partial charge in [-0.2, -0.15) is 5.10 Å². The molecule has 3 N–H and O–H groups in total. The second-order valence-corrected chi connectivity index (χ2v) is 5.28. The van der Waals surface area contributed by atoms with Gasteiger partial charge in [0, 0.05) is 13.1 Å². The number of carbonyl (C=O) groups is 1. The predicted molar refractivity (Wildman–Crippen MR) is 81.7 cm³/mol. The van der Waals surface area contributed by atoms with Crippen LogP contribution in [0.5, 0.6) is 0 Å². The summed E-state index contributed by atoms with van der Waals surface area (Å²) in [7, 11) is 0. The van der Waals surface area contributed by atoms with Crippen molar-refractivity contribution in [3.63, 3.8) is 0 Å². The van der Waals surface area contributed by atoms with Crippen LogP contribution in [0.25, 0.3) is 0 Å². The summed E-state index contributed by atoms with van der Waals surface area (Å²) in [6.07, 6.45) is 2.77. The second kappa shape index (κ2) is 7.43. The summed E-state index contributed by atoms with van der Waals surface area (Å²) in [6.45, 7) is 10.2. The molecule has 0 atom stereocenters. The molecule has 0 saturated carbocycles. The van der Waals surface area contributed by atoms with E-state index in [1.807, 2.05) is 19.9 Å². The van der Waals surface area contributed by atoms with Crippen LogP contribution in [0.4, 0.5) is 0 Å². The number of hydrogen-bond acceptors (Lipinski definition) is 3. The molecular formula is C15H28N4O. The minimum absolute atomic E-state index is 0.000310. The number of aromatic nitrogens is 2. The van der Waals surface area contributed by atoms with E-state index in [4.69, 9.17) is 5.73 Å². The summed E-state index contributed by atoms with van der Waals surface area (Å²) in [5.74, 6) is -0.0567. The van der Waals surface area contributed by atoms with Gasteiger partial charge in [-0.3, -0.25) is 9.48 Å². The van der Waals surface area contributed by atoms with Crippen molar-refractivity contribution in [2.24, 2.45) is 11.1 Å². The van der Waals surface area contributed by atoms with Crippen LogP contribution >= 0.6 is 0 Å². The molecule has 0 aliphatic carbocycles. The topological polar surface area (TPSA) is 72.9 Å². The molecular weight excluding hydrogens is 252 g/mol. The number of nitrogens with two attached hydrogens (primary N) is 1. The first-order valence-corrected chi connectivity index (χ1v) is 7.60. The normalized spacial score (nSPS) is 11.7. The van der Waals surface area contributed by atoms with Crippen LogP contribution in [0.2, 0.25) is 0 Å². The van der Waals surface area contributed by atoms with Crippen molar-refractivity contribution in [2.75, 3.05) is 13.1 Å². The fourth-order valence-electron chi connectivity index (χ4n) is 2.29. The summed E-state index contributed by atoms with van der Waals surface area (Å²) in [5, 5.41) is 7.43. The molecule has 1 aromatic rings. The molecule has 0 unspecified atom stereocenters. The maximum absolute atomic E-state index is 12.3. The van der Waals surface area contributed by atoms with Crippen molar-refractivity contribution in [3.8, 4) is 0 Å². The molecule has 20 heavy (non-hydrogen) atoms. The van der Waals surface area contributed by atoms with Gasteiger partial charge in [-0.15, -0.1) is 0 Å². The van der Waals surface area contributed by atoms with Gasteiger partial charge in [-0.05, 0) is 44.2 Å². The zero-order valence-corrected chi connectivity index (χ0v) is 13.2. The second-order valence-electron chi connectivity index (χ2n) is 5.28. The molecule has 0 saturated heterocycles. The summed E-state index contributed by atoms with van der Waals surface area (Å²) in [6, 6.07) is 1.88. The lowest BCUT2D eigenvalue weighted by atomic mass is 9.82. The van der Waals surface area contributed by atoms with E-state index < -0.39 is 0 Å². The van der Waals surface area contributed by atoms with Gasteiger partial charge in [-0.1, -0.05) is 20.8 Å². The summed E-state index contributed by atoms with van der Waals surface area (Å²) < 4.78 is 1.76. The average Bonchev–Trinajstić information content (AvgIpc) is 2.92. The molecule has 0 spiro atoms. The van der Waals surface area contributed by atoms with Crippen molar-refractivity contribution >= 4 is 5.91 Å². The fourth-order valence-corrected chi connectivity index (χ4v) is 2.29. The van der Waals surface area contributed by atoms with Gasteiger partial charge in [0.25, 0.3) is 5.91 Å². The lowest BCUT2D eigenvalue weighted by Crippen LogP contribution is -2.42. The van der Waals surface area contributed by atoms with E-state index in [0.29, 0.717) is 25.3 Å². The van der Waals surface area contributed by atoms with Gasteiger partial charge >= 0.3 is 0 Å². The van der Waals surface area contributed by atoms with Gasteiger partial charge in [0.15, 0.2) is 0 Å². The molecule has 5 heteroatoms. The van der Waals surface area contributed by atoms with Gasteiger partial charge in [0.1, 0.15) is 5.69 Å². The number of aryl methyl sites for hydroxylation is 2. The van der Waals surface area contributed by atoms with Gasteiger partial charge < -0.3 is 11.1 Å². The van der Waals surface area contributed by atoms with Crippen molar-refractivity contribution < 1.29 is 4.79 Å². The Morgan fingerprint density at radius 2 is 2.00 bits per heavy atom. The first-order chi connectivity index (χ1) is 9.55. The molecule has 1 rings (SSSR count). The number of rotatable bonds is 8. The Morgan fingerprint density at radius 3 is 2.45 bits per heavy atom. The molecule has 0 aromatic carbocycles. The van der Waals surface area contributed by atoms with E-state index in [9.17, 15) is 4.79 Å². The molecule has 0 radical (unpaired) electrons. The number of carbonyl (C=O) groups excluding carboxylic acids is 1. The Kier molecular flexibility index (Phi) is 6.20. The van der Waals surface area contributed by atoms with E-state index in [1.165, 1.54) is 0 Å². The van der Waals surface area contributed by atoms with E-state index in [-0.39, 0.29) is 11.3 Å². The van der Waals surface area contributed by atoms with Crippen LogP contribution in [0.3, 0.4) is 0 Å². The zero-order chi connectivity index (χ0) is 15.2. The third-order valence-corrected chi connectivity index (χ3v) is 4.28. The average molecular weight is 280 g/mol. The lowest BCUT2D eigenvalue weighted by molar-refractivity contribution is 0.0917. The molecule has 0 aliphatic heterocycles. The standard InChI is InChI=1S/C15H28N4O/c1-5-12-9-13(19(8-4)18-12)14(20)17-11-15(6-2,7-3)10-16/h9H,5-8,10-11,16H2,1-4H3,(H,17,20). The molecule has 5 nitrogen and oxygen atoms in total. The molecule has 0 aliphatic rings. The highest BCUT2D eigenvalue weighted by Gasteiger charge is 2.25. The highest BCUT2D eigenvalue weighted by molar-refractivity contribution is 5.92. The van der Waals surface area contributed by atoms with Gasteiger partial charge in [0.05, 0.1) is 5.69 Å². The van der Waals surface area contributed by atoms with Crippen LogP contribution in [0, 0.1) is 5.41 Å². The van der Waals surface area contributed by atoms with Gasteiger partial charge in [-0.25, -0.2) is 0 Å². The lowest BCUT2D eigenvalue weighted by Gasteiger charge is -2.30. The Balaban J connectivity index is 2.78. The van der Waals surface area contributed by atoms with Crippen LogP contribution in [-0.4, -0.2) is 28.8 Å². The van der Waals surface area contributed by atoms with Crippen LogP contribution in [0.1, 0.15) is 56.7 Å². The van der Waals surface area contributed by atoms with E-state index in [2.05, 4.69) is 24.3 Å². The van der Waals surface area contributed by atoms with Crippen molar-refractivity contribution in [3.05, 3.63) is 17.5 Å².